The van der Waals surface area contributed by atoms with Crippen LogP contribution in [0.3, 0.4) is 0 Å². The number of benzene rings is 2. The smallest absolute Gasteiger partial charge is 0.338 e. The van der Waals surface area contributed by atoms with E-state index in [0.29, 0.717) is 34.8 Å². The van der Waals surface area contributed by atoms with E-state index >= 15 is 0 Å². The number of urea groups is 2. The lowest BCUT2D eigenvalue weighted by molar-refractivity contribution is -0.140. The Morgan fingerprint density at radius 3 is 2.40 bits per heavy atom. The minimum atomic E-state index is -0.680. The summed E-state index contributed by atoms with van der Waals surface area (Å²) >= 11 is 0. The number of nitrogens with zero attached hydrogens (tertiary/aromatic N) is 1. The molecule has 0 saturated carbocycles. The Morgan fingerprint density at radius 1 is 1.03 bits per heavy atom. The van der Waals surface area contributed by atoms with Gasteiger partial charge in [-0.1, -0.05) is 31.2 Å². The largest absolute Gasteiger partial charge is 0.460 e. The van der Waals surface area contributed by atoms with Gasteiger partial charge in [0.25, 0.3) is 0 Å². The van der Waals surface area contributed by atoms with Crippen LogP contribution in [0.1, 0.15) is 37.4 Å². The summed E-state index contributed by atoms with van der Waals surface area (Å²) in [6.45, 7) is 6.53. The van der Waals surface area contributed by atoms with Gasteiger partial charge in [-0.3, -0.25) is 4.90 Å². The minimum Gasteiger partial charge on any atom is -0.460 e. The average Bonchev–Trinajstić information content (AvgIpc) is 2.82. The maximum absolute atomic E-state index is 13.0. The number of aryl methyl sites for hydroxylation is 1. The lowest BCUT2D eigenvalue weighted by Gasteiger charge is -2.35. The molecule has 2 aromatic carbocycles. The summed E-state index contributed by atoms with van der Waals surface area (Å²) in [7, 11) is 1.53. The van der Waals surface area contributed by atoms with Crippen LogP contribution in [0.25, 0.3) is 0 Å². The van der Waals surface area contributed by atoms with E-state index in [1.807, 2.05) is 38.1 Å². The highest BCUT2D eigenvalue weighted by atomic mass is 16.6. The molecular formula is C26H32N4O5. The summed E-state index contributed by atoms with van der Waals surface area (Å²) in [5.41, 5.74) is 3.92. The number of hydrogen-bond acceptors (Lipinski definition) is 5. The second-order valence-electron chi connectivity index (χ2n) is 8.23. The van der Waals surface area contributed by atoms with Crippen molar-refractivity contribution >= 4 is 29.4 Å². The number of methoxy groups -OCH3 is 1. The Balaban J connectivity index is 1.78. The number of esters is 1. The van der Waals surface area contributed by atoms with Crippen molar-refractivity contribution in [1.82, 2.24) is 10.2 Å². The standard InChI is InChI=1S/C26H32N4O5/c1-5-13-30-18(3)22(24(31)35-15-14-34-4)23(29-26(30)33)19-9-11-20(12-10-19)27-25(32)28-21-8-6-7-17(2)16-21/h6-12,16,23H,5,13-15H2,1-4H3,(H,29,33)(H2,27,28,32). The molecule has 0 radical (unpaired) electrons. The Bertz CT molecular complexity index is 1100. The van der Waals surface area contributed by atoms with Gasteiger partial charge in [0.1, 0.15) is 6.61 Å². The molecule has 1 heterocycles. The first kappa shape index (κ1) is 25.8. The van der Waals surface area contributed by atoms with Crippen LogP contribution in [-0.4, -0.2) is 49.8 Å². The van der Waals surface area contributed by atoms with Gasteiger partial charge in [0.2, 0.25) is 0 Å². The number of nitrogens with one attached hydrogen (secondary N) is 3. The van der Waals surface area contributed by atoms with Crippen LogP contribution in [0.5, 0.6) is 0 Å². The molecule has 3 N–H and O–H groups in total. The molecule has 1 aliphatic heterocycles. The molecule has 1 aliphatic rings. The molecule has 0 fully saturated rings. The molecule has 2 aromatic rings. The predicted molar refractivity (Wildman–Crippen MR) is 134 cm³/mol. The molecule has 9 heteroatoms. The first-order valence-electron chi connectivity index (χ1n) is 11.5. The van der Waals surface area contributed by atoms with Gasteiger partial charge < -0.3 is 25.4 Å². The van der Waals surface area contributed by atoms with E-state index in [0.717, 1.165) is 12.0 Å². The SMILES string of the molecule is CCCN1C(=O)NC(c2ccc(NC(=O)Nc3cccc(C)c3)cc2)C(C(=O)OCCOC)=C1C. The van der Waals surface area contributed by atoms with Crippen LogP contribution >= 0.6 is 0 Å². The maximum atomic E-state index is 13.0. The molecule has 0 spiro atoms. The van der Waals surface area contributed by atoms with Gasteiger partial charge >= 0.3 is 18.0 Å². The van der Waals surface area contributed by atoms with E-state index in [4.69, 9.17) is 9.47 Å². The molecule has 9 nitrogen and oxygen atoms in total. The number of carbonyl (C=O) groups excluding carboxylic acids is 3. The Morgan fingerprint density at radius 2 is 1.74 bits per heavy atom. The third-order valence-electron chi connectivity index (χ3n) is 5.56. The van der Waals surface area contributed by atoms with E-state index in [1.165, 1.54) is 7.11 Å². The third kappa shape index (κ3) is 6.60. The predicted octanol–water partition coefficient (Wildman–Crippen LogP) is 4.58. The van der Waals surface area contributed by atoms with Crippen molar-refractivity contribution in [3.63, 3.8) is 0 Å². The van der Waals surface area contributed by atoms with E-state index in [1.54, 1.807) is 36.1 Å². The van der Waals surface area contributed by atoms with Crippen molar-refractivity contribution in [3.8, 4) is 0 Å². The molecule has 1 unspecified atom stereocenters. The summed E-state index contributed by atoms with van der Waals surface area (Å²) in [5.74, 6) is -0.509. The maximum Gasteiger partial charge on any atom is 0.338 e. The zero-order chi connectivity index (χ0) is 25.4. The van der Waals surface area contributed by atoms with E-state index in [2.05, 4.69) is 16.0 Å². The lowest BCUT2D eigenvalue weighted by atomic mass is 9.94. The molecule has 35 heavy (non-hydrogen) atoms. The molecule has 4 amide bonds. The number of hydrogen-bond donors (Lipinski definition) is 3. The molecule has 0 aromatic heterocycles. The molecule has 1 atom stereocenters. The van der Waals surface area contributed by atoms with Crippen molar-refractivity contribution in [2.75, 3.05) is 37.5 Å². The van der Waals surface area contributed by atoms with Crippen LogP contribution < -0.4 is 16.0 Å². The van der Waals surface area contributed by atoms with Crippen LogP contribution in [-0.2, 0) is 14.3 Å². The fourth-order valence-corrected chi connectivity index (χ4v) is 3.86. The van der Waals surface area contributed by atoms with Gasteiger partial charge in [-0.05, 0) is 55.7 Å². The number of carbonyl (C=O) groups is 3. The van der Waals surface area contributed by atoms with Crippen molar-refractivity contribution in [2.24, 2.45) is 0 Å². The zero-order valence-corrected chi connectivity index (χ0v) is 20.5. The van der Waals surface area contributed by atoms with Gasteiger partial charge in [-0.25, -0.2) is 14.4 Å². The molecule has 3 rings (SSSR count). The fourth-order valence-electron chi connectivity index (χ4n) is 3.86. The quantitative estimate of drug-likeness (QED) is 0.360. The van der Waals surface area contributed by atoms with Gasteiger partial charge in [0, 0.05) is 30.7 Å². The average molecular weight is 481 g/mol. The highest BCUT2D eigenvalue weighted by Crippen LogP contribution is 2.32. The summed E-state index contributed by atoms with van der Waals surface area (Å²) in [5, 5.41) is 8.49. The summed E-state index contributed by atoms with van der Waals surface area (Å²) in [6, 6.07) is 13.1. The molecular weight excluding hydrogens is 448 g/mol. The summed E-state index contributed by atoms with van der Waals surface area (Å²) in [4.78, 5) is 39.6. The highest BCUT2D eigenvalue weighted by molar-refractivity contribution is 6.00. The highest BCUT2D eigenvalue weighted by Gasteiger charge is 2.36. The molecule has 0 bridgehead atoms. The molecule has 0 saturated heterocycles. The number of ether oxygens (including phenoxy) is 2. The zero-order valence-electron chi connectivity index (χ0n) is 20.5. The van der Waals surface area contributed by atoms with E-state index in [-0.39, 0.29) is 25.3 Å². The second-order valence-corrected chi connectivity index (χ2v) is 8.23. The van der Waals surface area contributed by atoms with Gasteiger partial charge in [0.15, 0.2) is 0 Å². The number of rotatable bonds is 9. The first-order chi connectivity index (χ1) is 16.8. The monoisotopic (exact) mass is 480 g/mol. The Kier molecular flexibility index (Phi) is 8.86. The molecule has 0 aliphatic carbocycles. The minimum absolute atomic E-state index is 0.111. The summed E-state index contributed by atoms with van der Waals surface area (Å²) < 4.78 is 10.4. The van der Waals surface area contributed by atoms with E-state index < -0.39 is 12.0 Å². The van der Waals surface area contributed by atoms with Crippen LogP contribution in [0.2, 0.25) is 0 Å². The number of anilines is 2. The van der Waals surface area contributed by atoms with Gasteiger partial charge in [-0.2, -0.15) is 0 Å². The third-order valence-corrected chi connectivity index (χ3v) is 5.56. The van der Waals surface area contributed by atoms with Crippen molar-refractivity contribution < 1.29 is 23.9 Å². The van der Waals surface area contributed by atoms with Crippen molar-refractivity contribution in [3.05, 3.63) is 70.9 Å². The first-order valence-corrected chi connectivity index (χ1v) is 11.5. The van der Waals surface area contributed by atoms with Gasteiger partial charge in [0.05, 0.1) is 18.2 Å². The Hall–Kier alpha value is -3.85. The van der Waals surface area contributed by atoms with Crippen LogP contribution in [0.4, 0.5) is 21.0 Å². The van der Waals surface area contributed by atoms with Crippen LogP contribution in [0.15, 0.2) is 59.8 Å². The van der Waals surface area contributed by atoms with Gasteiger partial charge in [-0.15, -0.1) is 0 Å². The fraction of sp³-hybridized carbons (Fsp3) is 0.346. The van der Waals surface area contributed by atoms with Crippen molar-refractivity contribution in [2.45, 2.75) is 33.2 Å². The summed E-state index contributed by atoms with van der Waals surface area (Å²) in [6.07, 6.45) is 0.742. The number of amides is 4. The Labute approximate surface area is 205 Å². The normalized spacial score (nSPS) is 15.5. The van der Waals surface area contributed by atoms with Crippen molar-refractivity contribution in [1.29, 1.82) is 0 Å². The van der Waals surface area contributed by atoms with Crippen LogP contribution in [0, 0.1) is 6.92 Å². The number of allylic oxidation sites excluding steroid dienone is 1. The lowest BCUT2D eigenvalue weighted by Crippen LogP contribution is -2.48. The van der Waals surface area contributed by atoms with E-state index in [9.17, 15) is 14.4 Å². The molecule has 186 valence electrons. The topological polar surface area (TPSA) is 109 Å². The second kappa shape index (κ2) is 12.0.